The van der Waals surface area contributed by atoms with Crippen molar-refractivity contribution < 1.29 is 12.8 Å². The number of alkyl halides is 1. The second-order valence-electron chi connectivity index (χ2n) is 0.833. The molecular formula is C3H7CaClO2. The summed E-state index contributed by atoms with van der Waals surface area (Å²) >= 11 is 5.02. The van der Waals surface area contributed by atoms with Crippen LogP contribution in [0.25, 0.3) is 0 Å². The molecule has 0 unspecified atom stereocenters. The normalized spacial score (nSPS) is 7.00. The summed E-state index contributed by atoms with van der Waals surface area (Å²) in [5.41, 5.74) is 0. The Kier molecular flexibility index (Phi) is 10.9. The molecule has 0 amide bonds. The monoisotopic (exact) mass is 150 g/mol. The summed E-state index contributed by atoms with van der Waals surface area (Å²) in [5, 5.41) is 7.83. The maximum absolute atomic E-state index is 9.51. The minimum atomic E-state index is -0.843. The van der Waals surface area contributed by atoms with Crippen LogP contribution in [0.5, 0.6) is 0 Å². The first-order valence-electron chi connectivity index (χ1n) is 1.55. The second-order valence-corrected chi connectivity index (χ2v) is 1.21. The molecule has 7 heavy (non-hydrogen) atoms. The number of rotatable bonds is 2. The Hall–Kier alpha value is 1.02. The Morgan fingerprint density at radius 3 is 2.29 bits per heavy atom. The summed E-state index contributed by atoms with van der Waals surface area (Å²) in [4.78, 5) is 9.51. The summed E-state index contributed by atoms with van der Waals surface area (Å²) < 4.78 is 0. The maximum atomic E-state index is 9.51. The van der Waals surface area contributed by atoms with Crippen LogP contribution in [0, 0.1) is 0 Å². The largest absolute Gasteiger partial charge is 2.00 e. The van der Waals surface area contributed by atoms with Gasteiger partial charge in [-0.2, -0.15) is 0 Å². The van der Waals surface area contributed by atoms with Crippen LogP contribution >= 0.6 is 11.6 Å². The molecular weight excluding hydrogens is 144 g/mol. The molecule has 0 rings (SSSR count). The number of carboxylic acid groups (broad SMARTS) is 1. The van der Waals surface area contributed by atoms with Gasteiger partial charge < -0.3 is 7.96 Å². The average Bonchev–Trinajstić information content (AvgIpc) is 1.35. The number of hydrogen-bond donors (Lipinski definition) is 1. The molecule has 40 valence electrons. The van der Waals surface area contributed by atoms with Crippen LogP contribution in [-0.4, -0.2) is 54.7 Å². The topological polar surface area (TPSA) is 37.3 Å². The van der Waals surface area contributed by atoms with Crippen molar-refractivity contribution in [3.8, 4) is 0 Å². The van der Waals surface area contributed by atoms with Crippen molar-refractivity contribution in [2.75, 3.05) is 5.88 Å². The van der Waals surface area contributed by atoms with Crippen LogP contribution in [0.15, 0.2) is 0 Å². The van der Waals surface area contributed by atoms with Gasteiger partial charge in [0.1, 0.15) is 0 Å². The van der Waals surface area contributed by atoms with E-state index in [9.17, 15) is 4.79 Å². The SMILES string of the molecule is O=C(O)CCCl.[Ca+2].[H-].[H-]. The molecule has 0 spiro atoms. The van der Waals surface area contributed by atoms with Crippen molar-refractivity contribution in [2.24, 2.45) is 0 Å². The van der Waals surface area contributed by atoms with Crippen molar-refractivity contribution in [3.63, 3.8) is 0 Å². The molecule has 4 heteroatoms. The summed E-state index contributed by atoms with van der Waals surface area (Å²) in [6, 6.07) is 0. The van der Waals surface area contributed by atoms with Gasteiger partial charge in [-0.3, -0.25) is 4.79 Å². The van der Waals surface area contributed by atoms with Crippen molar-refractivity contribution in [1.29, 1.82) is 0 Å². The third-order valence-electron chi connectivity index (χ3n) is 0.308. The van der Waals surface area contributed by atoms with Crippen LogP contribution in [0.4, 0.5) is 0 Å². The fraction of sp³-hybridized carbons (Fsp3) is 0.667. The second kappa shape index (κ2) is 7.02. The quantitative estimate of drug-likeness (QED) is 0.461. The number of carbonyl (C=O) groups is 1. The zero-order valence-corrected chi connectivity index (χ0v) is 6.82. The Morgan fingerprint density at radius 2 is 2.29 bits per heavy atom. The molecule has 0 fully saturated rings. The van der Waals surface area contributed by atoms with Crippen LogP contribution in [-0.2, 0) is 4.79 Å². The summed E-state index contributed by atoms with van der Waals surface area (Å²) in [5.74, 6) is -0.639. The molecule has 0 heterocycles. The van der Waals surface area contributed by atoms with Gasteiger partial charge in [-0.1, -0.05) is 0 Å². The van der Waals surface area contributed by atoms with Gasteiger partial charge in [-0.15, -0.1) is 11.6 Å². The van der Waals surface area contributed by atoms with Crippen molar-refractivity contribution >= 4 is 55.3 Å². The molecule has 0 aliphatic heterocycles. The predicted octanol–water partition coefficient (Wildman–Crippen LogP) is 0.544. The van der Waals surface area contributed by atoms with Gasteiger partial charge >= 0.3 is 43.7 Å². The first-order valence-corrected chi connectivity index (χ1v) is 2.08. The van der Waals surface area contributed by atoms with Gasteiger partial charge in [0.15, 0.2) is 0 Å². The average molecular weight is 151 g/mol. The molecule has 0 aromatic carbocycles. The van der Waals surface area contributed by atoms with E-state index in [2.05, 4.69) is 0 Å². The van der Waals surface area contributed by atoms with Gasteiger partial charge in [0.05, 0.1) is 6.42 Å². The number of halogens is 1. The fourth-order valence-electron chi connectivity index (χ4n) is 0.0808. The molecule has 1 N–H and O–H groups in total. The first kappa shape index (κ1) is 10.9. The molecule has 2 nitrogen and oxygen atoms in total. The van der Waals surface area contributed by atoms with E-state index in [0.29, 0.717) is 0 Å². The summed E-state index contributed by atoms with van der Waals surface area (Å²) in [7, 11) is 0. The molecule has 0 bridgehead atoms. The molecule has 0 aromatic heterocycles. The predicted molar refractivity (Wildman–Crippen MR) is 31.0 cm³/mol. The third kappa shape index (κ3) is 10.9. The molecule has 0 aliphatic carbocycles. The van der Waals surface area contributed by atoms with Gasteiger partial charge in [0, 0.05) is 5.88 Å². The summed E-state index contributed by atoms with van der Waals surface area (Å²) in [6.07, 6.45) is 0.0571. The molecule has 0 radical (unpaired) electrons. The zero-order chi connectivity index (χ0) is 4.99. The first-order chi connectivity index (χ1) is 2.77. The minimum Gasteiger partial charge on any atom is -1.00 e. The van der Waals surface area contributed by atoms with E-state index >= 15 is 0 Å². The van der Waals surface area contributed by atoms with Gasteiger partial charge in [0.25, 0.3) is 0 Å². The van der Waals surface area contributed by atoms with Crippen molar-refractivity contribution in [1.82, 2.24) is 0 Å². The van der Waals surface area contributed by atoms with Gasteiger partial charge in [-0.05, 0) is 0 Å². The van der Waals surface area contributed by atoms with E-state index < -0.39 is 5.97 Å². The van der Waals surface area contributed by atoms with E-state index in [1.165, 1.54) is 0 Å². The maximum Gasteiger partial charge on any atom is 2.00 e. The number of carboxylic acids is 1. The van der Waals surface area contributed by atoms with Crippen molar-refractivity contribution in [3.05, 3.63) is 0 Å². The van der Waals surface area contributed by atoms with E-state index in [0.717, 1.165) is 0 Å². The van der Waals surface area contributed by atoms with Crippen LogP contribution in [0.3, 0.4) is 0 Å². The van der Waals surface area contributed by atoms with E-state index in [1.54, 1.807) is 0 Å². The Bertz CT molecular complexity index is 63.8. The van der Waals surface area contributed by atoms with Crippen LogP contribution in [0.1, 0.15) is 9.27 Å². The van der Waals surface area contributed by atoms with Gasteiger partial charge in [-0.25, -0.2) is 0 Å². The van der Waals surface area contributed by atoms with Crippen LogP contribution in [0.2, 0.25) is 0 Å². The fourth-order valence-corrected chi connectivity index (χ4v) is 0.243. The van der Waals surface area contributed by atoms with E-state index in [1.807, 2.05) is 0 Å². The Morgan fingerprint density at radius 1 is 1.86 bits per heavy atom. The molecule has 0 aliphatic rings. The summed E-state index contributed by atoms with van der Waals surface area (Å²) in [6.45, 7) is 0. The van der Waals surface area contributed by atoms with Gasteiger partial charge in [0.2, 0.25) is 0 Å². The number of aliphatic carboxylic acids is 1. The molecule has 0 saturated heterocycles. The smallest absolute Gasteiger partial charge is 1.00 e. The number of hydrogen-bond acceptors (Lipinski definition) is 1. The van der Waals surface area contributed by atoms with E-state index in [4.69, 9.17) is 16.7 Å². The Balaban J connectivity index is -0.0000000417. The third-order valence-corrected chi connectivity index (χ3v) is 0.497. The van der Waals surface area contributed by atoms with Crippen LogP contribution < -0.4 is 0 Å². The Labute approximate surface area is 79.8 Å². The standard InChI is InChI=1S/C3H5ClO2.Ca.2H/c4-2-1-3(5)6;;;/h1-2H2,(H,5,6);;;/q;+2;2*-1. The van der Waals surface area contributed by atoms with Crippen molar-refractivity contribution in [2.45, 2.75) is 6.42 Å². The minimum absolute atomic E-state index is 0. The van der Waals surface area contributed by atoms with E-state index in [-0.39, 0.29) is 52.9 Å². The molecule has 0 aromatic rings. The molecule has 0 saturated carbocycles. The zero-order valence-electron chi connectivity index (χ0n) is 5.85. The molecule has 0 atom stereocenters.